The van der Waals surface area contributed by atoms with E-state index in [-0.39, 0.29) is 29.9 Å². The predicted molar refractivity (Wildman–Crippen MR) is 143 cm³/mol. The molecule has 8 heteroatoms. The van der Waals surface area contributed by atoms with Gasteiger partial charge < -0.3 is 10.2 Å². The lowest BCUT2D eigenvalue weighted by molar-refractivity contribution is -0.140. The molecule has 7 nitrogen and oxygen atoms in total. The summed E-state index contributed by atoms with van der Waals surface area (Å²) in [6.45, 7) is 7.31. The van der Waals surface area contributed by atoms with E-state index < -0.39 is 22.0 Å². The van der Waals surface area contributed by atoms with Crippen LogP contribution in [0.2, 0.25) is 0 Å². The molecule has 2 atom stereocenters. The van der Waals surface area contributed by atoms with Gasteiger partial charge in [0.1, 0.15) is 6.04 Å². The summed E-state index contributed by atoms with van der Waals surface area (Å²) in [6.07, 6.45) is 0.761. The zero-order valence-corrected chi connectivity index (χ0v) is 22.4. The van der Waals surface area contributed by atoms with Crippen molar-refractivity contribution in [2.75, 3.05) is 13.6 Å². The van der Waals surface area contributed by atoms with Crippen molar-refractivity contribution in [3.05, 3.63) is 77.9 Å². The van der Waals surface area contributed by atoms with Gasteiger partial charge in [-0.25, -0.2) is 8.42 Å². The number of rotatable bonds is 10. The average molecular weight is 510 g/mol. The molecule has 1 N–H and O–H groups in total. The van der Waals surface area contributed by atoms with Crippen LogP contribution in [0.3, 0.4) is 0 Å². The first-order chi connectivity index (χ1) is 17.0. The van der Waals surface area contributed by atoms with Gasteiger partial charge in [-0.05, 0) is 55.7 Å². The third kappa shape index (κ3) is 6.50. The molecular weight excluding hydrogens is 474 g/mol. The third-order valence-corrected chi connectivity index (χ3v) is 8.19. The van der Waals surface area contributed by atoms with Crippen LogP contribution in [0.5, 0.6) is 0 Å². The Balaban J connectivity index is 1.85. The molecule has 2 amide bonds. The largest absolute Gasteiger partial charge is 0.352 e. The van der Waals surface area contributed by atoms with Gasteiger partial charge in [0.15, 0.2) is 0 Å². The zero-order valence-electron chi connectivity index (χ0n) is 21.6. The highest BCUT2D eigenvalue weighted by atomic mass is 32.2. The van der Waals surface area contributed by atoms with E-state index in [0.717, 1.165) is 32.6 Å². The number of sulfonamides is 1. The molecule has 0 radical (unpaired) electrons. The molecule has 3 rings (SSSR count). The van der Waals surface area contributed by atoms with Crippen LogP contribution in [0.1, 0.15) is 38.3 Å². The van der Waals surface area contributed by atoms with Crippen LogP contribution in [0, 0.1) is 6.92 Å². The van der Waals surface area contributed by atoms with Gasteiger partial charge in [-0.1, -0.05) is 67.1 Å². The molecule has 0 aliphatic heterocycles. The van der Waals surface area contributed by atoms with Crippen molar-refractivity contribution in [2.45, 2.75) is 57.6 Å². The number of hydrogen-bond acceptors (Lipinski definition) is 4. The minimum atomic E-state index is -3.92. The molecule has 3 aromatic carbocycles. The van der Waals surface area contributed by atoms with Gasteiger partial charge in [-0.15, -0.1) is 0 Å². The maximum absolute atomic E-state index is 13.5. The van der Waals surface area contributed by atoms with E-state index in [4.69, 9.17) is 0 Å². The minimum Gasteiger partial charge on any atom is -0.352 e. The first-order valence-electron chi connectivity index (χ1n) is 12.1. The van der Waals surface area contributed by atoms with Crippen molar-refractivity contribution >= 4 is 32.6 Å². The van der Waals surface area contributed by atoms with Crippen molar-refractivity contribution in [1.82, 2.24) is 14.5 Å². The number of amides is 2. The van der Waals surface area contributed by atoms with Gasteiger partial charge in [-0.3, -0.25) is 9.59 Å². The standard InChI is InChI=1S/C28H35N3O4S/c1-6-21(3)29-28(33)22(4)31(18-23-11-9-10-20(2)16-23)27(32)19-30(5)36(34,35)26-15-14-24-12-7-8-13-25(24)17-26/h7-17,21-22H,6,18-19H2,1-5H3,(H,29,33). The highest BCUT2D eigenvalue weighted by Gasteiger charge is 2.30. The van der Waals surface area contributed by atoms with Gasteiger partial charge in [0.2, 0.25) is 21.8 Å². The molecule has 0 saturated heterocycles. The Morgan fingerprint density at radius 3 is 2.31 bits per heavy atom. The van der Waals surface area contributed by atoms with Crippen molar-refractivity contribution in [3.63, 3.8) is 0 Å². The smallest absolute Gasteiger partial charge is 0.243 e. The first-order valence-corrected chi connectivity index (χ1v) is 13.6. The lowest BCUT2D eigenvalue weighted by atomic mass is 10.1. The maximum Gasteiger partial charge on any atom is 0.243 e. The van der Waals surface area contributed by atoms with E-state index in [9.17, 15) is 18.0 Å². The quantitative estimate of drug-likeness (QED) is 0.446. The van der Waals surface area contributed by atoms with Gasteiger partial charge >= 0.3 is 0 Å². The molecule has 0 saturated carbocycles. The summed E-state index contributed by atoms with van der Waals surface area (Å²) in [6, 6.07) is 19.3. The lowest BCUT2D eigenvalue weighted by Gasteiger charge is -2.31. The van der Waals surface area contributed by atoms with Crippen LogP contribution >= 0.6 is 0 Å². The highest BCUT2D eigenvalue weighted by molar-refractivity contribution is 7.89. The van der Waals surface area contributed by atoms with E-state index in [1.807, 2.05) is 69.3 Å². The number of benzene rings is 3. The lowest BCUT2D eigenvalue weighted by Crippen LogP contribution is -2.51. The van der Waals surface area contributed by atoms with E-state index in [1.54, 1.807) is 25.1 Å². The number of aryl methyl sites for hydroxylation is 1. The second-order valence-electron chi connectivity index (χ2n) is 9.27. The number of nitrogens with zero attached hydrogens (tertiary/aromatic N) is 2. The number of fused-ring (bicyclic) bond motifs is 1. The fourth-order valence-electron chi connectivity index (χ4n) is 3.93. The summed E-state index contributed by atoms with van der Waals surface area (Å²) in [5.74, 6) is -0.722. The maximum atomic E-state index is 13.5. The van der Waals surface area contributed by atoms with E-state index >= 15 is 0 Å². The summed E-state index contributed by atoms with van der Waals surface area (Å²) in [5, 5.41) is 4.66. The van der Waals surface area contributed by atoms with Crippen molar-refractivity contribution in [3.8, 4) is 0 Å². The number of hydrogen-bond donors (Lipinski definition) is 1. The number of likely N-dealkylation sites (N-methyl/N-ethyl adjacent to an activating group) is 1. The van der Waals surface area contributed by atoms with Gasteiger partial charge in [0, 0.05) is 19.6 Å². The van der Waals surface area contributed by atoms with Crippen LogP contribution in [0.25, 0.3) is 10.8 Å². The zero-order chi connectivity index (χ0) is 26.5. The Morgan fingerprint density at radius 2 is 1.64 bits per heavy atom. The molecule has 0 aromatic heterocycles. The summed E-state index contributed by atoms with van der Waals surface area (Å²) >= 11 is 0. The fraction of sp³-hybridized carbons (Fsp3) is 0.357. The van der Waals surface area contributed by atoms with Crippen LogP contribution in [0.15, 0.2) is 71.6 Å². The molecule has 0 bridgehead atoms. The number of nitrogens with one attached hydrogen (secondary N) is 1. The van der Waals surface area contributed by atoms with Gasteiger partial charge in [0.25, 0.3) is 0 Å². The summed E-state index contributed by atoms with van der Waals surface area (Å²) in [7, 11) is -2.54. The SMILES string of the molecule is CCC(C)NC(=O)C(C)N(Cc1cccc(C)c1)C(=O)CN(C)S(=O)(=O)c1ccc2ccccc2c1. The van der Waals surface area contributed by atoms with Crippen molar-refractivity contribution in [1.29, 1.82) is 0 Å². The molecule has 36 heavy (non-hydrogen) atoms. The highest BCUT2D eigenvalue weighted by Crippen LogP contribution is 2.22. The van der Waals surface area contributed by atoms with Crippen molar-refractivity contribution in [2.24, 2.45) is 0 Å². The van der Waals surface area contributed by atoms with Gasteiger partial charge in [-0.2, -0.15) is 4.31 Å². The third-order valence-electron chi connectivity index (χ3n) is 6.39. The molecule has 0 aliphatic carbocycles. The van der Waals surface area contributed by atoms with Crippen LogP contribution in [0.4, 0.5) is 0 Å². The van der Waals surface area contributed by atoms with Crippen LogP contribution in [-0.2, 0) is 26.2 Å². The second-order valence-corrected chi connectivity index (χ2v) is 11.3. The molecule has 0 spiro atoms. The van der Waals surface area contributed by atoms with Crippen LogP contribution < -0.4 is 5.32 Å². The molecule has 2 unspecified atom stereocenters. The summed E-state index contributed by atoms with van der Waals surface area (Å²) in [5.41, 5.74) is 1.90. The molecular formula is C28H35N3O4S. The first kappa shape index (κ1) is 27.4. The molecule has 3 aromatic rings. The van der Waals surface area contributed by atoms with Crippen LogP contribution in [-0.4, -0.2) is 55.1 Å². The fourth-order valence-corrected chi connectivity index (χ4v) is 5.09. The average Bonchev–Trinajstić information content (AvgIpc) is 2.86. The second kappa shape index (κ2) is 11.7. The summed E-state index contributed by atoms with van der Waals surface area (Å²) in [4.78, 5) is 27.9. The number of carbonyl (C=O) groups excluding carboxylic acids is 2. The van der Waals surface area contributed by atoms with E-state index in [2.05, 4.69) is 5.32 Å². The van der Waals surface area contributed by atoms with Gasteiger partial charge in [0.05, 0.1) is 11.4 Å². The van der Waals surface area contributed by atoms with Crippen molar-refractivity contribution < 1.29 is 18.0 Å². The monoisotopic (exact) mass is 509 g/mol. The number of carbonyl (C=O) groups is 2. The minimum absolute atomic E-state index is 0.0353. The molecule has 0 heterocycles. The Kier molecular flexibility index (Phi) is 8.87. The molecule has 0 aliphatic rings. The summed E-state index contributed by atoms with van der Waals surface area (Å²) < 4.78 is 27.6. The topological polar surface area (TPSA) is 86.8 Å². The Hall–Kier alpha value is -3.23. The normalized spacial score (nSPS) is 13.4. The Bertz CT molecular complexity index is 1340. The van der Waals surface area contributed by atoms with E-state index in [0.29, 0.717) is 0 Å². The predicted octanol–water partition coefficient (Wildman–Crippen LogP) is 4.10. The van der Waals surface area contributed by atoms with E-state index in [1.165, 1.54) is 11.9 Å². The molecule has 192 valence electrons. The Labute approximate surface area is 214 Å². The Morgan fingerprint density at radius 1 is 0.944 bits per heavy atom. The molecule has 0 fully saturated rings.